The Morgan fingerprint density at radius 3 is 2.47 bits per heavy atom. The molecule has 0 saturated heterocycles. The standard InChI is InChI=1S/C29H30N2O7/c1-3-35-28(32)24(29(33)36-4-2)10-6-5-7-16-37-21-13-14-22-19(17-21)9-8-11-23(22)27-30-25-15-12-20(31-34)18-26(25)38-27/h8-9,11-15,17-18,24H,3-7,10,16H2,1-2H3. The maximum atomic E-state index is 12.1. The zero-order valence-electron chi connectivity index (χ0n) is 21.5. The van der Waals surface area contributed by atoms with Crippen molar-refractivity contribution in [3.63, 3.8) is 0 Å². The molecule has 0 aliphatic carbocycles. The van der Waals surface area contributed by atoms with Gasteiger partial charge < -0.3 is 18.6 Å². The van der Waals surface area contributed by atoms with Crippen molar-refractivity contribution in [1.82, 2.24) is 4.98 Å². The van der Waals surface area contributed by atoms with Crippen LogP contribution in [0.1, 0.15) is 39.5 Å². The van der Waals surface area contributed by atoms with Crippen LogP contribution in [-0.2, 0) is 19.1 Å². The summed E-state index contributed by atoms with van der Waals surface area (Å²) in [4.78, 5) is 39.6. The van der Waals surface area contributed by atoms with Crippen molar-refractivity contribution in [3.8, 4) is 17.2 Å². The van der Waals surface area contributed by atoms with E-state index in [2.05, 4.69) is 10.2 Å². The van der Waals surface area contributed by atoms with Crippen molar-refractivity contribution in [3.05, 3.63) is 59.5 Å². The lowest BCUT2D eigenvalue weighted by atomic mass is 10.0. The van der Waals surface area contributed by atoms with Crippen LogP contribution >= 0.6 is 0 Å². The molecule has 0 saturated carbocycles. The summed E-state index contributed by atoms with van der Waals surface area (Å²) in [6.45, 7) is 4.38. The summed E-state index contributed by atoms with van der Waals surface area (Å²) in [6.07, 6.45) is 2.64. The van der Waals surface area contributed by atoms with Crippen LogP contribution in [0.4, 0.5) is 5.69 Å². The molecule has 4 rings (SSSR count). The van der Waals surface area contributed by atoms with Crippen LogP contribution in [0, 0.1) is 10.8 Å². The number of unbranched alkanes of at least 4 members (excludes halogenated alkanes) is 2. The Labute approximate surface area is 220 Å². The fraction of sp³-hybridized carbons (Fsp3) is 0.345. The summed E-state index contributed by atoms with van der Waals surface area (Å²) >= 11 is 0. The molecule has 1 aromatic heterocycles. The molecular weight excluding hydrogens is 488 g/mol. The van der Waals surface area contributed by atoms with Gasteiger partial charge in [-0.1, -0.05) is 25.0 Å². The molecule has 0 aliphatic rings. The lowest BCUT2D eigenvalue weighted by molar-refractivity contribution is -0.161. The highest BCUT2D eigenvalue weighted by Gasteiger charge is 2.28. The van der Waals surface area contributed by atoms with Gasteiger partial charge >= 0.3 is 11.9 Å². The van der Waals surface area contributed by atoms with E-state index < -0.39 is 17.9 Å². The highest BCUT2D eigenvalue weighted by molar-refractivity contribution is 5.96. The molecule has 0 unspecified atom stereocenters. The zero-order chi connectivity index (χ0) is 26.9. The van der Waals surface area contributed by atoms with Gasteiger partial charge in [0, 0.05) is 11.6 Å². The third kappa shape index (κ3) is 6.34. The Balaban J connectivity index is 1.34. The fourth-order valence-corrected chi connectivity index (χ4v) is 4.26. The van der Waals surface area contributed by atoms with E-state index in [9.17, 15) is 14.5 Å². The molecule has 0 amide bonds. The molecule has 0 fully saturated rings. The molecule has 198 valence electrons. The summed E-state index contributed by atoms with van der Waals surface area (Å²) < 4.78 is 21.9. The number of hydrogen-bond donors (Lipinski definition) is 0. The number of ether oxygens (including phenoxy) is 3. The Kier molecular flexibility index (Phi) is 9.02. The number of fused-ring (bicyclic) bond motifs is 2. The van der Waals surface area contributed by atoms with Crippen LogP contribution in [0.5, 0.6) is 5.75 Å². The molecule has 9 nitrogen and oxygen atoms in total. The van der Waals surface area contributed by atoms with E-state index in [1.54, 1.807) is 32.0 Å². The Morgan fingerprint density at radius 1 is 0.947 bits per heavy atom. The highest BCUT2D eigenvalue weighted by atomic mass is 16.6. The first-order valence-corrected chi connectivity index (χ1v) is 12.8. The number of esters is 2. The Bertz CT molecular complexity index is 1410. The van der Waals surface area contributed by atoms with Crippen LogP contribution in [0.15, 0.2) is 64.2 Å². The Hall–Kier alpha value is -4.27. The average Bonchev–Trinajstić information content (AvgIpc) is 3.35. The first kappa shape index (κ1) is 26.8. The molecule has 0 spiro atoms. The SMILES string of the molecule is CCOC(=O)C(CCCCCOc1ccc2c(-c3nc4ccc(N=O)cc4o3)cccc2c1)C(=O)OCC. The molecule has 0 bridgehead atoms. The lowest BCUT2D eigenvalue weighted by Gasteiger charge is -2.14. The summed E-state index contributed by atoms with van der Waals surface area (Å²) in [5, 5.41) is 4.89. The number of carbonyl (C=O) groups is 2. The number of oxazole rings is 1. The molecule has 9 heteroatoms. The van der Waals surface area contributed by atoms with E-state index in [0.29, 0.717) is 36.4 Å². The molecule has 3 aromatic carbocycles. The first-order valence-electron chi connectivity index (χ1n) is 12.8. The van der Waals surface area contributed by atoms with Crippen molar-refractivity contribution in [1.29, 1.82) is 0 Å². The van der Waals surface area contributed by atoms with Gasteiger partial charge in [0.1, 0.15) is 17.0 Å². The predicted molar refractivity (Wildman–Crippen MR) is 143 cm³/mol. The van der Waals surface area contributed by atoms with Gasteiger partial charge in [-0.05, 0) is 79.0 Å². The summed E-state index contributed by atoms with van der Waals surface area (Å²) in [6, 6.07) is 16.6. The quantitative estimate of drug-likeness (QED) is 0.0828. The van der Waals surface area contributed by atoms with Crippen LogP contribution in [0.3, 0.4) is 0 Å². The minimum atomic E-state index is -0.879. The van der Waals surface area contributed by atoms with Crippen molar-refractivity contribution in [2.45, 2.75) is 39.5 Å². The highest BCUT2D eigenvalue weighted by Crippen LogP contribution is 2.33. The van der Waals surface area contributed by atoms with Gasteiger partial charge in [0.2, 0.25) is 5.89 Å². The van der Waals surface area contributed by atoms with Crippen LogP contribution in [0.25, 0.3) is 33.3 Å². The second-order valence-corrected chi connectivity index (χ2v) is 8.71. The van der Waals surface area contributed by atoms with Gasteiger partial charge in [0.15, 0.2) is 11.5 Å². The smallest absolute Gasteiger partial charge is 0.320 e. The minimum Gasteiger partial charge on any atom is -0.494 e. The fourth-order valence-electron chi connectivity index (χ4n) is 4.26. The second-order valence-electron chi connectivity index (χ2n) is 8.71. The van der Waals surface area contributed by atoms with Crippen LogP contribution in [-0.4, -0.2) is 36.7 Å². The van der Waals surface area contributed by atoms with E-state index in [4.69, 9.17) is 18.6 Å². The largest absolute Gasteiger partial charge is 0.494 e. The number of carbonyl (C=O) groups excluding carboxylic acids is 2. The topological polar surface area (TPSA) is 117 Å². The van der Waals surface area contributed by atoms with Crippen molar-refractivity contribution in [2.75, 3.05) is 19.8 Å². The van der Waals surface area contributed by atoms with Crippen LogP contribution < -0.4 is 4.74 Å². The molecule has 4 aromatic rings. The number of hydrogen-bond acceptors (Lipinski definition) is 9. The van der Waals surface area contributed by atoms with Crippen molar-refractivity contribution < 1.29 is 28.2 Å². The van der Waals surface area contributed by atoms with Crippen molar-refractivity contribution >= 4 is 39.5 Å². The summed E-state index contributed by atoms with van der Waals surface area (Å²) in [7, 11) is 0. The lowest BCUT2D eigenvalue weighted by Crippen LogP contribution is -2.28. The average molecular weight is 519 g/mol. The molecular formula is C29H30N2O7. The predicted octanol–water partition coefficient (Wildman–Crippen LogP) is 6.73. The number of benzene rings is 3. The number of nitroso groups, excluding NO2 is 1. The summed E-state index contributed by atoms with van der Waals surface area (Å²) in [5.41, 5.74) is 2.28. The maximum absolute atomic E-state index is 12.1. The molecule has 0 aliphatic heterocycles. The zero-order valence-corrected chi connectivity index (χ0v) is 21.5. The molecule has 0 radical (unpaired) electrons. The number of nitrogens with zero attached hydrogens (tertiary/aromatic N) is 2. The van der Waals surface area contributed by atoms with Gasteiger partial charge in [-0.15, -0.1) is 4.91 Å². The Morgan fingerprint density at radius 2 is 1.74 bits per heavy atom. The molecule has 1 heterocycles. The van der Waals surface area contributed by atoms with Crippen LogP contribution in [0.2, 0.25) is 0 Å². The minimum absolute atomic E-state index is 0.227. The van der Waals surface area contributed by atoms with E-state index >= 15 is 0 Å². The van der Waals surface area contributed by atoms with E-state index in [0.717, 1.165) is 34.9 Å². The monoisotopic (exact) mass is 518 g/mol. The van der Waals surface area contributed by atoms with Gasteiger partial charge in [-0.3, -0.25) is 9.59 Å². The van der Waals surface area contributed by atoms with Gasteiger partial charge in [0.25, 0.3) is 0 Å². The number of aromatic nitrogens is 1. The normalized spacial score (nSPS) is 11.1. The van der Waals surface area contributed by atoms with Gasteiger partial charge in [-0.2, -0.15) is 0 Å². The number of rotatable bonds is 13. The van der Waals surface area contributed by atoms with E-state index in [1.807, 2.05) is 36.4 Å². The van der Waals surface area contributed by atoms with Gasteiger partial charge in [0.05, 0.1) is 19.8 Å². The van der Waals surface area contributed by atoms with Gasteiger partial charge in [-0.25, -0.2) is 4.98 Å². The van der Waals surface area contributed by atoms with E-state index in [-0.39, 0.29) is 18.9 Å². The molecule has 38 heavy (non-hydrogen) atoms. The van der Waals surface area contributed by atoms with E-state index in [1.165, 1.54) is 0 Å². The third-order valence-corrected chi connectivity index (χ3v) is 6.11. The first-order chi connectivity index (χ1) is 18.5. The molecule has 0 N–H and O–H groups in total. The maximum Gasteiger partial charge on any atom is 0.320 e. The summed E-state index contributed by atoms with van der Waals surface area (Å²) in [5.74, 6) is -0.733. The molecule has 0 atom stereocenters. The van der Waals surface area contributed by atoms with Crippen molar-refractivity contribution in [2.24, 2.45) is 11.1 Å². The second kappa shape index (κ2) is 12.8. The third-order valence-electron chi connectivity index (χ3n) is 6.11.